The van der Waals surface area contributed by atoms with Gasteiger partial charge in [0.15, 0.2) is 0 Å². The summed E-state index contributed by atoms with van der Waals surface area (Å²) >= 11 is 0. The Bertz CT molecular complexity index is 132. The van der Waals surface area contributed by atoms with E-state index in [1.54, 1.807) is 12.4 Å². The molecule has 0 aliphatic rings. The molecule has 1 aromatic rings. The van der Waals surface area contributed by atoms with E-state index in [0.29, 0.717) is 0 Å². The average molecular weight is 154 g/mol. The molecular weight excluding hydrogens is 151 g/mol. The van der Waals surface area contributed by atoms with Crippen LogP contribution in [0.25, 0.3) is 0 Å². The van der Waals surface area contributed by atoms with Gasteiger partial charge in [0.05, 0.1) is 17.5 Å². The minimum Gasteiger partial charge on any atom is -0.356 e. The molecule has 0 saturated carbocycles. The van der Waals surface area contributed by atoms with Gasteiger partial charge < -0.3 is 15.3 Å². The zero-order valence-electron chi connectivity index (χ0n) is 5.22. The van der Waals surface area contributed by atoms with Gasteiger partial charge in [-0.15, -0.1) is 0 Å². The van der Waals surface area contributed by atoms with Gasteiger partial charge >= 0.3 is 29.6 Å². The van der Waals surface area contributed by atoms with Crippen LogP contribution in [0.3, 0.4) is 0 Å². The van der Waals surface area contributed by atoms with Crippen LogP contribution in [-0.4, -0.2) is 20.5 Å². The first kappa shape index (κ1) is 12.1. The van der Waals surface area contributed by atoms with E-state index in [1.165, 1.54) is 0 Å². The number of hydrogen-bond acceptors (Lipinski definition) is 5. The van der Waals surface area contributed by atoms with Crippen molar-refractivity contribution in [2.24, 2.45) is 0 Å². The fourth-order valence-electron chi connectivity index (χ4n) is 0.167. The molecule has 1 heterocycles. The van der Waals surface area contributed by atoms with E-state index in [4.69, 9.17) is 15.3 Å². The third kappa shape index (κ3) is 15.7. The predicted octanol–water partition coefficient (Wildman–Crippen LogP) is -3.43. The first-order valence-corrected chi connectivity index (χ1v) is 1.84. The SMILES string of the molecule is O=[N+]([O-])[O-].[Na+].c1cn[nH]n1. The van der Waals surface area contributed by atoms with Crippen LogP contribution in [-0.2, 0) is 0 Å². The average Bonchev–Trinajstić information content (AvgIpc) is 2.11. The minimum absolute atomic E-state index is 0. The van der Waals surface area contributed by atoms with Crippen LogP contribution in [0.5, 0.6) is 0 Å². The molecule has 0 amide bonds. The monoisotopic (exact) mass is 154 g/mol. The van der Waals surface area contributed by atoms with Gasteiger partial charge in [0.1, 0.15) is 0 Å². The van der Waals surface area contributed by atoms with Crippen LogP contribution in [0.1, 0.15) is 0 Å². The van der Waals surface area contributed by atoms with Crippen molar-refractivity contribution < 1.29 is 34.6 Å². The van der Waals surface area contributed by atoms with E-state index in [-0.39, 0.29) is 29.6 Å². The summed E-state index contributed by atoms with van der Waals surface area (Å²) in [5.74, 6) is 0. The van der Waals surface area contributed by atoms with Crippen molar-refractivity contribution in [3.63, 3.8) is 0 Å². The molecule has 1 aromatic heterocycles. The molecule has 10 heavy (non-hydrogen) atoms. The van der Waals surface area contributed by atoms with Crippen molar-refractivity contribution in [1.29, 1.82) is 0 Å². The standard InChI is InChI=1S/C2H3N3.NO3.Na/c1-2-4-5-3-1;2-1(3)4;/h1-2H,(H,3,4,5);;/q;-1;+1. The van der Waals surface area contributed by atoms with Crippen LogP contribution in [0.2, 0.25) is 0 Å². The fraction of sp³-hybridized carbons (Fsp3) is 0. The molecule has 0 atom stereocenters. The van der Waals surface area contributed by atoms with Gasteiger partial charge in [-0.2, -0.15) is 15.4 Å². The van der Waals surface area contributed by atoms with E-state index in [0.717, 1.165) is 0 Å². The Hall–Kier alpha value is -0.660. The molecule has 1 rings (SSSR count). The molecule has 0 spiro atoms. The first-order chi connectivity index (χ1) is 4.23. The maximum atomic E-state index is 8.25. The largest absolute Gasteiger partial charge is 1.00 e. The van der Waals surface area contributed by atoms with E-state index >= 15 is 0 Å². The van der Waals surface area contributed by atoms with Crippen LogP contribution in [0.4, 0.5) is 0 Å². The molecule has 0 aromatic carbocycles. The second-order valence-corrected chi connectivity index (χ2v) is 0.880. The molecule has 0 aliphatic carbocycles. The van der Waals surface area contributed by atoms with Crippen molar-refractivity contribution >= 4 is 0 Å². The smallest absolute Gasteiger partial charge is 0.356 e. The van der Waals surface area contributed by atoms with Gasteiger partial charge in [-0.05, 0) is 0 Å². The summed E-state index contributed by atoms with van der Waals surface area (Å²) in [6, 6.07) is 0. The number of aromatic nitrogens is 3. The van der Waals surface area contributed by atoms with Crippen molar-refractivity contribution in [3.05, 3.63) is 27.7 Å². The Balaban J connectivity index is 0. The molecule has 0 aliphatic heterocycles. The molecule has 0 radical (unpaired) electrons. The number of hydrogen-bond donors (Lipinski definition) is 1. The second-order valence-electron chi connectivity index (χ2n) is 0.880. The van der Waals surface area contributed by atoms with E-state index in [1.807, 2.05) is 0 Å². The summed E-state index contributed by atoms with van der Waals surface area (Å²) in [5, 5.41) is 24.1. The number of nitrogens with zero attached hydrogens (tertiary/aromatic N) is 3. The maximum Gasteiger partial charge on any atom is 1.00 e. The van der Waals surface area contributed by atoms with E-state index in [9.17, 15) is 0 Å². The molecule has 0 fully saturated rings. The van der Waals surface area contributed by atoms with Gasteiger partial charge in [0, 0.05) is 0 Å². The topological polar surface area (TPSA) is 108 Å². The van der Waals surface area contributed by atoms with Crippen molar-refractivity contribution in [2.75, 3.05) is 0 Å². The third-order valence-corrected chi connectivity index (χ3v) is 0.331. The van der Waals surface area contributed by atoms with Gasteiger partial charge in [-0.1, -0.05) is 0 Å². The van der Waals surface area contributed by atoms with Crippen molar-refractivity contribution in [1.82, 2.24) is 15.4 Å². The Morgan fingerprint density at radius 2 is 1.60 bits per heavy atom. The quantitative estimate of drug-likeness (QED) is 0.237. The summed E-state index contributed by atoms with van der Waals surface area (Å²) < 4.78 is 0. The molecule has 0 saturated heterocycles. The van der Waals surface area contributed by atoms with E-state index < -0.39 is 5.09 Å². The fourth-order valence-corrected chi connectivity index (χ4v) is 0.167. The Kier molecular flexibility index (Phi) is 10.1. The van der Waals surface area contributed by atoms with Crippen LogP contribution in [0, 0.1) is 15.3 Å². The molecule has 8 heteroatoms. The predicted molar refractivity (Wildman–Crippen MR) is 26.7 cm³/mol. The minimum atomic E-state index is -1.75. The number of nitrogens with one attached hydrogen (secondary N) is 1. The Labute approximate surface area is 77.8 Å². The van der Waals surface area contributed by atoms with Crippen LogP contribution in [0.15, 0.2) is 12.4 Å². The number of H-pyrrole nitrogens is 1. The molecule has 7 nitrogen and oxygen atoms in total. The van der Waals surface area contributed by atoms with Gasteiger partial charge in [-0.25, -0.2) is 0 Å². The van der Waals surface area contributed by atoms with E-state index in [2.05, 4.69) is 15.4 Å². The van der Waals surface area contributed by atoms with Gasteiger partial charge in [-0.3, -0.25) is 0 Å². The number of rotatable bonds is 0. The molecule has 0 bridgehead atoms. The summed E-state index contributed by atoms with van der Waals surface area (Å²) in [7, 11) is 0. The van der Waals surface area contributed by atoms with Crippen molar-refractivity contribution in [3.8, 4) is 0 Å². The summed E-state index contributed by atoms with van der Waals surface area (Å²) in [6.45, 7) is 0. The Morgan fingerprint density at radius 1 is 1.30 bits per heavy atom. The normalized spacial score (nSPS) is 6.40. The van der Waals surface area contributed by atoms with Gasteiger partial charge in [0.25, 0.3) is 0 Å². The van der Waals surface area contributed by atoms with Crippen LogP contribution >= 0.6 is 0 Å². The summed E-state index contributed by atoms with van der Waals surface area (Å²) in [4.78, 5) is 8.25. The molecule has 50 valence electrons. The zero-order valence-corrected chi connectivity index (χ0v) is 7.22. The summed E-state index contributed by atoms with van der Waals surface area (Å²) in [5.41, 5.74) is 0. The summed E-state index contributed by atoms with van der Waals surface area (Å²) in [6.07, 6.45) is 3.17. The third-order valence-electron chi connectivity index (χ3n) is 0.331. The van der Waals surface area contributed by atoms with Gasteiger partial charge in [0.2, 0.25) is 0 Å². The maximum absolute atomic E-state index is 8.25. The molecular formula is C2H3N4NaO3. The van der Waals surface area contributed by atoms with Crippen molar-refractivity contribution in [2.45, 2.75) is 0 Å². The first-order valence-electron chi connectivity index (χ1n) is 1.84. The Morgan fingerprint density at radius 3 is 1.70 bits per heavy atom. The molecule has 0 unspecified atom stereocenters. The molecule has 1 N–H and O–H groups in total. The van der Waals surface area contributed by atoms with Crippen LogP contribution < -0.4 is 29.6 Å². The second kappa shape index (κ2) is 8.34. The zero-order chi connectivity index (χ0) is 7.11. The number of aromatic amines is 1.